The molecule has 0 heterocycles. The van der Waals surface area contributed by atoms with Crippen LogP contribution < -0.4 is 0 Å². The molecule has 0 aliphatic rings. The van der Waals surface area contributed by atoms with Gasteiger partial charge in [-0.1, -0.05) is 40.4 Å². The van der Waals surface area contributed by atoms with E-state index in [-0.39, 0.29) is 21.1 Å². The van der Waals surface area contributed by atoms with E-state index in [1.165, 1.54) is 12.8 Å². The van der Waals surface area contributed by atoms with Crippen molar-refractivity contribution in [3.63, 3.8) is 0 Å². The van der Waals surface area contributed by atoms with Gasteiger partial charge >= 0.3 is 56.7 Å². The van der Waals surface area contributed by atoms with Crippen molar-refractivity contribution in [3.8, 4) is 0 Å². The van der Waals surface area contributed by atoms with E-state index in [1.54, 1.807) is 8.87 Å². The van der Waals surface area contributed by atoms with Crippen LogP contribution >= 0.6 is 8.13 Å². The molecule has 0 aliphatic heterocycles. The summed E-state index contributed by atoms with van der Waals surface area (Å²) < 4.78 is 9.55. The van der Waals surface area contributed by atoms with Crippen molar-refractivity contribution in [2.45, 2.75) is 101 Å². The van der Waals surface area contributed by atoms with Crippen molar-refractivity contribution in [1.29, 1.82) is 0 Å². The molecule has 0 spiro atoms. The van der Waals surface area contributed by atoms with Crippen LogP contribution in [-0.4, -0.2) is 43.0 Å². The van der Waals surface area contributed by atoms with E-state index < -0.39 is 16.1 Å². The van der Waals surface area contributed by atoms with Gasteiger partial charge < -0.3 is 4.43 Å². The summed E-state index contributed by atoms with van der Waals surface area (Å²) >= 11 is 0.181. The molecule has 0 aromatic heterocycles. The van der Waals surface area contributed by atoms with E-state index in [0.717, 1.165) is 8.13 Å². The van der Waals surface area contributed by atoms with Crippen LogP contribution in [0.4, 0.5) is 0 Å². The molecule has 2 atom stereocenters. The van der Waals surface area contributed by atoms with Crippen molar-refractivity contribution in [1.82, 2.24) is 0 Å². The third kappa shape index (κ3) is 19.7. The van der Waals surface area contributed by atoms with Crippen LogP contribution in [0, 0.1) is 5.41 Å². The first-order valence-corrected chi connectivity index (χ1v) is 21.9. The maximum absolute atomic E-state index is 6.36. The van der Waals surface area contributed by atoms with Crippen LogP contribution in [-0.2, 0) is 4.43 Å². The number of hydrogen-bond acceptors (Lipinski definition) is 1. The summed E-state index contributed by atoms with van der Waals surface area (Å²) in [6.07, 6.45) is 2.87. The van der Waals surface area contributed by atoms with Crippen LogP contribution in [0.2, 0.25) is 48.2 Å². The second kappa shape index (κ2) is 12.1. The summed E-state index contributed by atoms with van der Waals surface area (Å²) in [5.74, 6) is 0.468. The van der Waals surface area contributed by atoms with Gasteiger partial charge in [0.2, 0.25) is 0 Å². The molecule has 0 fully saturated rings. The fourth-order valence-corrected chi connectivity index (χ4v) is 12.1. The Morgan fingerprint density at radius 2 is 1.32 bits per heavy atom. The zero-order chi connectivity index (χ0) is 18.0. The molecule has 22 heavy (non-hydrogen) atoms. The summed E-state index contributed by atoms with van der Waals surface area (Å²) in [7, 11) is -1.40. The van der Waals surface area contributed by atoms with Gasteiger partial charge in [0, 0.05) is 0 Å². The first-order chi connectivity index (χ1) is 9.73. The van der Waals surface area contributed by atoms with E-state index in [4.69, 9.17) is 4.43 Å². The van der Waals surface area contributed by atoms with Gasteiger partial charge in [-0.05, 0) is 25.1 Å². The van der Waals surface area contributed by atoms with Crippen LogP contribution in [0.3, 0.4) is 0 Å². The molecule has 0 amide bonds. The summed E-state index contributed by atoms with van der Waals surface area (Å²) in [6, 6.07) is 0. The topological polar surface area (TPSA) is 9.23 Å². The monoisotopic (exact) mass is 470 g/mol. The number of hydrogen-bond donors (Lipinski definition) is 0. The Balaban J connectivity index is 0. The van der Waals surface area contributed by atoms with Crippen molar-refractivity contribution in [2.75, 3.05) is 0 Å². The van der Waals surface area contributed by atoms with Gasteiger partial charge in [0.15, 0.2) is 8.32 Å². The van der Waals surface area contributed by atoms with E-state index in [9.17, 15) is 0 Å². The van der Waals surface area contributed by atoms with Crippen molar-refractivity contribution < 1.29 is 4.43 Å². The summed E-state index contributed by atoms with van der Waals surface area (Å²) in [5.41, 5.74) is 0.291. The molecular formula is C17H43OPSi2Sn. The third-order valence-electron chi connectivity index (χ3n) is 2.68. The Morgan fingerprint density at radius 1 is 0.909 bits per heavy atom. The molecule has 0 aromatic carbocycles. The minimum absolute atomic E-state index is 0.181. The molecule has 0 aliphatic carbocycles. The SMILES string of the molecule is CC(C)(C)C(O[Si](C)(C)C)P[Si](C)(C)C.CC[CH2][Sn][CH2]CC. The fraction of sp³-hybridized carbons (Fsp3) is 1.00. The van der Waals surface area contributed by atoms with Crippen molar-refractivity contribution >= 4 is 45.3 Å². The molecule has 2 unspecified atom stereocenters. The normalized spacial score (nSPS) is 14.9. The second-order valence-electron chi connectivity index (χ2n) is 9.12. The Kier molecular flexibility index (Phi) is 14.2. The molecule has 0 bridgehead atoms. The van der Waals surface area contributed by atoms with E-state index in [2.05, 4.69) is 73.9 Å². The van der Waals surface area contributed by atoms with Gasteiger partial charge in [0.05, 0.1) is 13.6 Å². The van der Waals surface area contributed by atoms with E-state index in [0.29, 0.717) is 11.3 Å². The fourth-order valence-electron chi connectivity index (χ4n) is 1.65. The summed E-state index contributed by atoms with van der Waals surface area (Å²) in [5, 5.41) is 0. The van der Waals surface area contributed by atoms with Gasteiger partial charge in [-0.2, -0.15) is 0 Å². The van der Waals surface area contributed by atoms with Crippen molar-refractivity contribution in [3.05, 3.63) is 0 Å². The van der Waals surface area contributed by atoms with Crippen LogP contribution in [0.5, 0.6) is 0 Å². The number of rotatable bonds is 8. The molecule has 0 saturated heterocycles. The minimum atomic E-state index is -1.40. The van der Waals surface area contributed by atoms with Gasteiger partial charge in [-0.15, -0.1) is 8.13 Å². The Morgan fingerprint density at radius 3 is 1.55 bits per heavy atom. The predicted octanol–water partition coefficient (Wildman–Crippen LogP) is 7.07. The van der Waals surface area contributed by atoms with Crippen LogP contribution in [0.25, 0.3) is 0 Å². The Labute approximate surface area is 156 Å². The first kappa shape index (κ1) is 25.9. The average molecular weight is 469 g/mol. The first-order valence-electron chi connectivity index (χ1n) is 8.89. The van der Waals surface area contributed by atoms with Gasteiger partial charge in [0.1, 0.15) is 0 Å². The van der Waals surface area contributed by atoms with E-state index in [1.807, 2.05) is 0 Å². The molecule has 1 nitrogen and oxygen atoms in total. The molecule has 0 N–H and O–H groups in total. The zero-order valence-electron chi connectivity index (χ0n) is 17.3. The molecule has 0 rings (SSSR count). The van der Waals surface area contributed by atoms with Crippen LogP contribution in [0.1, 0.15) is 47.5 Å². The molecular weight excluding hydrogens is 426 g/mol. The Hall–Kier alpha value is 1.62. The van der Waals surface area contributed by atoms with Crippen molar-refractivity contribution in [2.24, 2.45) is 5.41 Å². The predicted molar refractivity (Wildman–Crippen MR) is 115 cm³/mol. The quantitative estimate of drug-likeness (QED) is 0.210. The standard InChI is InChI=1S/C11H29OPSi2.2C3H7.Sn/c1-11(2,3)10(12-14(4,5)6)13-15(7,8)9;2*1-3-2;/h10,13H,1-9H3;2*1,3H2,2H3;. The Bertz CT molecular complexity index is 247. The second-order valence-corrected chi connectivity index (χ2v) is 28.5. The average Bonchev–Trinajstić information content (AvgIpc) is 2.25. The van der Waals surface area contributed by atoms with E-state index >= 15 is 0 Å². The van der Waals surface area contributed by atoms with Gasteiger partial charge in [0.25, 0.3) is 0 Å². The molecule has 134 valence electrons. The molecule has 2 radical (unpaired) electrons. The summed E-state index contributed by atoms with van der Waals surface area (Å²) in [4.78, 5) is 0. The molecule has 0 aromatic rings. The van der Waals surface area contributed by atoms with Gasteiger partial charge in [-0.25, -0.2) is 0 Å². The maximum atomic E-state index is 6.36. The summed E-state index contributed by atoms with van der Waals surface area (Å²) in [6.45, 7) is 25.7. The molecule has 5 heteroatoms. The molecule has 0 saturated carbocycles. The zero-order valence-corrected chi connectivity index (χ0v) is 23.2. The van der Waals surface area contributed by atoms with Crippen LogP contribution in [0.15, 0.2) is 0 Å². The van der Waals surface area contributed by atoms with Gasteiger partial charge in [-0.3, -0.25) is 0 Å². The third-order valence-corrected chi connectivity index (χ3v) is 14.2.